The molecule has 0 bridgehead atoms. The molecular formula is C26H22F2N4O8. The van der Waals surface area contributed by atoms with Crippen molar-refractivity contribution in [1.82, 2.24) is 19.1 Å². The summed E-state index contributed by atoms with van der Waals surface area (Å²) in [5.74, 6) is -1.74. The molecule has 5 rings (SSSR count). The predicted octanol–water partition coefficient (Wildman–Crippen LogP) is 1.57. The number of para-hydroxylation sites is 2. The zero-order valence-corrected chi connectivity index (χ0v) is 20.7. The largest absolute Gasteiger partial charge is 0.488 e. The number of aromatic nitrogens is 4. The normalized spacial score (nSPS) is 17.9. The molecular weight excluding hydrogens is 534 g/mol. The third kappa shape index (κ3) is 5.77. The Morgan fingerprint density at radius 2 is 1.05 bits per heavy atom. The maximum atomic E-state index is 14.1. The first-order valence-electron chi connectivity index (χ1n) is 12.0. The van der Waals surface area contributed by atoms with Crippen LogP contribution in [0.2, 0.25) is 0 Å². The topological polar surface area (TPSA) is 147 Å². The Hall–Kier alpha value is -4.82. The Balaban J connectivity index is 1.53. The molecule has 1 aliphatic heterocycles. The molecule has 40 heavy (non-hydrogen) atoms. The predicted molar refractivity (Wildman–Crippen MR) is 134 cm³/mol. The zero-order chi connectivity index (χ0) is 28.2. The SMILES string of the molecule is O=c1[nH]c(=O)n([C@H]2COc3ccccc3CO[C@@H](n3cc(F)c(=O)[nH]c3=O)COc3ccccc3CO2)cc1F. The fourth-order valence-electron chi connectivity index (χ4n) is 3.99. The van der Waals surface area contributed by atoms with Crippen LogP contribution in [0.5, 0.6) is 11.5 Å². The molecule has 2 aromatic carbocycles. The molecule has 2 aromatic heterocycles. The van der Waals surface area contributed by atoms with Gasteiger partial charge in [0.05, 0.1) is 25.6 Å². The lowest BCUT2D eigenvalue weighted by molar-refractivity contribution is -0.0535. The van der Waals surface area contributed by atoms with Gasteiger partial charge in [0, 0.05) is 11.1 Å². The maximum Gasteiger partial charge on any atom is 0.330 e. The van der Waals surface area contributed by atoms with Gasteiger partial charge >= 0.3 is 11.4 Å². The van der Waals surface area contributed by atoms with Gasteiger partial charge in [-0.1, -0.05) is 36.4 Å². The summed E-state index contributed by atoms with van der Waals surface area (Å²) < 4.78 is 53.7. The van der Waals surface area contributed by atoms with Crippen molar-refractivity contribution in [3.63, 3.8) is 0 Å². The van der Waals surface area contributed by atoms with Crippen LogP contribution in [0.1, 0.15) is 23.6 Å². The van der Waals surface area contributed by atoms with E-state index in [0.717, 1.165) is 21.5 Å². The summed E-state index contributed by atoms with van der Waals surface area (Å²) >= 11 is 0. The van der Waals surface area contributed by atoms with Crippen LogP contribution in [0.25, 0.3) is 0 Å². The second-order valence-electron chi connectivity index (χ2n) is 8.66. The second kappa shape index (κ2) is 11.5. The lowest BCUT2D eigenvalue weighted by Crippen LogP contribution is -2.37. The fraction of sp³-hybridized carbons (Fsp3) is 0.231. The Bertz CT molecular complexity index is 1580. The van der Waals surface area contributed by atoms with Crippen LogP contribution in [-0.4, -0.2) is 32.3 Å². The van der Waals surface area contributed by atoms with Crippen LogP contribution in [-0.2, 0) is 22.7 Å². The van der Waals surface area contributed by atoms with E-state index in [-0.39, 0.29) is 26.4 Å². The number of nitrogens with zero attached hydrogens (tertiary/aromatic N) is 2. The number of ether oxygens (including phenoxy) is 4. The van der Waals surface area contributed by atoms with Gasteiger partial charge in [0.25, 0.3) is 11.1 Å². The summed E-state index contributed by atoms with van der Waals surface area (Å²) in [4.78, 5) is 51.9. The molecule has 2 atom stereocenters. The van der Waals surface area contributed by atoms with Gasteiger partial charge in [0.15, 0.2) is 12.5 Å². The first-order chi connectivity index (χ1) is 19.3. The lowest BCUT2D eigenvalue weighted by Gasteiger charge is -2.25. The van der Waals surface area contributed by atoms with Gasteiger partial charge in [0.1, 0.15) is 24.7 Å². The summed E-state index contributed by atoms with van der Waals surface area (Å²) in [5, 5.41) is 0. The highest BCUT2D eigenvalue weighted by molar-refractivity contribution is 5.33. The molecule has 2 N–H and O–H groups in total. The highest BCUT2D eigenvalue weighted by Gasteiger charge is 2.22. The van der Waals surface area contributed by atoms with E-state index in [9.17, 15) is 28.0 Å². The summed E-state index contributed by atoms with van der Waals surface area (Å²) in [6.45, 7) is -0.839. The number of nitrogens with one attached hydrogen (secondary N) is 2. The molecule has 0 aliphatic carbocycles. The van der Waals surface area contributed by atoms with Crippen molar-refractivity contribution in [2.75, 3.05) is 13.2 Å². The van der Waals surface area contributed by atoms with Crippen molar-refractivity contribution < 1.29 is 27.7 Å². The summed E-state index contributed by atoms with van der Waals surface area (Å²) in [5.41, 5.74) is -3.13. The quantitative estimate of drug-likeness (QED) is 0.378. The van der Waals surface area contributed by atoms with E-state index in [1.54, 1.807) is 48.5 Å². The van der Waals surface area contributed by atoms with Gasteiger partial charge in [-0.25, -0.2) is 9.59 Å². The molecule has 4 aromatic rings. The summed E-state index contributed by atoms with van der Waals surface area (Å²) in [6, 6.07) is 13.4. The highest BCUT2D eigenvalue weighted by Crippen LogP contribution is 2.26. The molecule has 0 unspecified atom stereocenters. The van der Waals surface area contributed by atoms with E-state index < -0.39 is 46.6 Å². The average Bonchev–Trinajstić information content (AvgIpc) is 2.94. The van der Waals surface area contributed by atoms with Crippen LogP contribution in [0, 0.1) is 11.6 Å². The van der Waals surface area contributed by atoms with Crippen LogP contribution in [0.4, 0.5) is 8.78 Å². The van der Waals surface area contributed by atoms with E-state index >= 15 is 0 Å². The van der Waals surface area contributed by atoms with E-state index in [0.29, 0.717) is 22.6 Å². The van der Waals surface area contributed by atoms with Gasteiger partial charge < -0.3 is 18.9 Å². The fourth-order valence-corrected chi connectivity index (χ4v) is 3.99. The van der Waals surface area contributed by atoms with Crippen LogP contribution in [0.15, 0.2) is 80.1 Å². The third-order valence-electron chi connectivity index (χ3n) is 6.04. The molecule has 208 valence electrons. The minimum atomic E-state index is -1.18. The number of aromatic amines is 2. The molecule has 0 saturated heterocycles. The molecule has 14 heteroatoms. The molecule has 0 saturated carbocycles. The van der Waals surface area contributed by atoms with Crippen molar-refractivity contribution >= 4 is 0 Å². The number of hydrogen-bond donors (Lipinski definition) is 2. The molecule has 0 amide bonds. The minimum absolute atomic E-state index is 0.141. The van der Waals surface area contributed by atoms with Gasteiger partial charge in [0.2, 0.25) is 11.6 Å². The molecule has 3 heterocycles. The number of hydrogen-bond acceptors (Lipinski definition) is 8. The van der Waals surface area contributed by atoms with Gasteiger partial charge in [-0.15, -0.1) is 0 Å². The van der Waals surface area contributed by atoms with Crippen LogP contribution in [0.3, 0.4) is 0 Å². The standard InChI is InChI=1S/C26H22F2N4O8/c27-17-9-31(25(35)29-23(17)33)21-14-38-20-8-4-2-6-16(20)12-40-22(32-10-18(28)24(34)30-26(32)36)13-37-19-7-3-1-5-15(19)11-39-21/h1-10,21-22H,11-14H2,(H,29,33,35)(H,30,34,36)/t21-,22-/m1/s1. The second-order valence-corrected chi connectivity index (χ2v) is 8.66. The van der Waals surface area contributed by atoms with E-state index in [2.05, 4.69) is 0 Å². The van der Waals surface area contributed by atoms with Crippen molar-refractivity contribution in [2.45, 2.75) is 25.7 Å². The number of halogens is 2. The van der Waals surface area contributed by atoms with E-state index in [4.69, 9.17) is 18.9 Å². The van der Waals surface area contributed by atoms with Crippen molar-refractivity contribution in [3.05, 3.63) is 125 Å². The minimum Gasteiger partial charge on any atom is -0.488 e. The number of benzene rings is 2. The monoisotopic (exact) mass is 556 g/mol. The van der Waals surface area contributed by atoms with Gasteiger partial charge in [-0.3, -0.25) is 28.7 Å². The zero-order valence-electron chi connectivity index (χ0n) is 20.7. The molecule has 0 radical (unpaired) electrons. The van der Waals surface area contributed by atoms with Crippen molar-refractivity contribution in [3.8, 4) is 11.5 Å². The number of rotatable bonds is 2. The van der Waals surface area contributed by atoms with Crippen LogP contribution < -0.4 is 32.0 Å². The number of fused-ring (bicyclic) bond motifs is 2. The lowest BCUT2D eigenvalue weighted by atomic mass is 10.2. The molecule has 1 aliphatic rings. The Morgan fingerprint density at radius 3 is 1.48 bits per heavy atom. The smallest absolute Gasteiger partial charge is 0.330 e. The van der Waals surface area contributed by atoms with Gasteiger partial charge in [-0.05, 0) is 12.1 Å². The van der Waals surface area contributed by atoms with Crippen LogP contribution >= 0.6 is 0 Å². The van der Waals surface area contributed by atoms with Crippen molar-refractivity contribution in [2.24, 2.45) is 0 Å². The first kappa shape index (κ1) is 26.8. The summed E-state index contributed by atoms with van der Waals surface area (Å²) in [7, 11) is 0. The first-order valence-corrected chi connectivity index (χ1v) is 12.0. The Labute approximate surface area is 223 Å². The Morgan fingerprint density at radius 1 is 0.650 bits per heavy atom. The maximum absolute atomic E-state index is 14.1. The summed E-state index contributed by atoms with van der Waals surface area (Å²) in [6.07, 6.45) is -0.860. The Kier molecular flexibility index (Phi) is 7.70. The van der Waals surface area contributed by atoms with Gasteiger partial charge in [-0.2, -0.15) is 8.78 Å². The van der Waals surface area contributed by atoms with Crippen molar-refractivity contribution in [1.29, 1.82) is 0 Å². The van der Waals surface area contributed by atoms with E-state index in [1.807, 2.05) is 9.97 Å². The molecule has 12 nitrogen and oxygen atoms in total. The third-order valence-corrected chi connectivity index (χ3v) is 6.04. The van der Waals surface area contributed by atoms with E-state index in [1.165, 1.54) is 0 Å². The average molecular weight is 556 g/mol. The highest BCUT2D eigenvalue weighted by atomic mass is 19.1. The molecule has 0 spiro atoms. The molecule has 0 fully saturated rings. The number of H-pyrrole nitrogens is 2.